The van der Waals surface area contributed by atoms with Gasteiger partial charge in [0.15, 0.2) is 0 Å². The fraction of sp³-hybridized carbons (Fsp3) is 0.400. The third-order valence-corrected chi connectivity index (χ3v) is 4.72. The molecule has 25 heavy (non-hydrogen) atoms. The molecule has 0 aliphatic carbocycles. The van der Waals surface area contributed by atoms with Gasteiger partial charge in [-0.25, -0.2) is 4.98 Å². The summed E-state index contributed by atoms with van der Waals surface area (Å²) in [6.45, 7) is 10.4. The quantitative estimate of drug-likeness (QED) is 0.736. The molecule has 0 aliphatic rings. The first kappa shape index (κ1) is 17.4. The Morgan fingerprint density at radius 1 is 1.12 bits per heavy atom. The maximum Gasteiger partial charge on any atom is 0.137 e. The average Bonchev–Trinajstić information content (AvgIpc) is 3.15. The normalized spacial score (nSPS) is 13.8. The first-order valence-corrected chi connectivity index (χ1v) is 8.73. The number of aromatic nitrogens is 3. The summed E-state index contributed by atoms with van der Waals surface area (Å²) in [6, 6.07) is 9.24. The Bertz CT molecular complexity index is 812. The van der Waals surface area contributed by atoms with E-state index in [1.54, 1.807) is 0 Å². The molecule has 5 heteroatoms. The highest BCUT2D eigenvalue weighted by Gasteiger charge is 2.15. The summed E-state index contributed by atoms with van der Waals surface area (Å²) in [5.74, 6) is 1.91. The van der Waals surface area contributed by atoms with Crippen molar-refractivity contribution in [1.82, 2.24) is 20.0 Å². The highest BCUT2D eigenvalue weighted by molar-refractivity contribution is 5.36. The second-order valence-electron chi connectivity index (χ2n) is 6.73. The summed E-state index contributed by atoms with van der Waals surface area (Å²) < 4.78 is 7.34. The summed E-state index contributed by atoms with van der Waals surface area (Å²) in [4.78, 5) is 4.28. The molecule has 1 aromatic carbocycles. The van der Waals surface area contributed by atoms with Crippen molar-refractivity contribution < 1.29 is 4.52 Å². The van der Waals surface area contributed by atoms with Gasteiger partial charge in [0.2, 0.25) is 0 Å². The van der Waals surface area contributed by atoms with Gasteiger partial charge in [-0.15, -0.1) is 0 Å². The molecule has 0 radical (unpaired) electrons. The number of imidazole rings is 1. The number of nitrogens with zero attached hydrogens (tertiary/aromatic N) is 3. The first-order chi connectivity index (χ1) is 12.0. The van der Waals surface area contributed by atoms with E-state index < -0.39 is 0 Å². The van der Waals surface area contributed by atoms with Crippen LogP contribution in [0.3, 0.4) is 0 Å². The van der Waals surface area contributed by atoms with Crippen LogP contribution in [0.25, 0.3) is 5.69 Å². The van der Waals surface area contributed by atoms with Gasteiger partial charge in [0.05, 0.1) is 5.69 Å². The molecular weight excluding hydrogens is 312 g/mol. The topological polar surface area (TPSA) is 55.9 Å². The molecule has 0 saturated heterocycles. The first-order valence-electron chi connectivity index (χ1n) is 8.73. The van der Waals surface area contributed by atoms with E-state index in [0.717, 1.165) is 29.4 Å². The van der Waals surface area contributed by atoms with Gasteiger partial charge < -0.3 is 14.4 Å². The highest BCUT2D eigenvalue weighted by atomic mass is 16.5. The zero-order valence-corrected chi connectivity index (χ0v) is 15.6. The summed E-state index contributed by atoms with van der Waals surface area (Å²) in [5.41, 5.74) is 4.60. The van der Waals surface area contributed by atoms with Crippen LogP contribution in [0.4, 0.5) is 0 Å². The number of nitrogens with one attached hydrogen (secondary N) is 1. The molecule has 0 fully saturated rings. The minimum absolute atomic E-state index is 0.272. The molecule has 0 spiro atoms. The monoisotopic (exact) mass is 338 g/mol. The Kier molecular flexibility index (Phi) is 5.04. The molecule has 0 bridgehead atoms. The third-order valence-electron chi connectivity index (χ3n) is 4.72. The standard InChI is InChI=1S/C20H26N4O/c1-13(12-20-15(3)23-25-16(20)4)22-14(2)18-6-8-19(9-7-18)24-11-10-21-17(24)5/h6-11,13-14,22H,12H2,1-5H3/t13-,14+/m1/s1. The van der Waals surface area contributed by atoms with Gasteiger partial charge >= 0.3 is 0 Å². The van der Waals surface area contributed by atoms with Crippen LogP contribution >= 0.6 is 0 Å². The molecule has 2 atom stereocenters. The highest BCUT2D eigenvalue weighted by Crippen LogP contribution is 2.19. The van der Waals surface area contributed by atoms with E-state index in [0.29, 0.717) is 6.04 Å². The van der Waals surface area contributed by atoms with Crippen LogP contribution < -0.4 is 5.32 Å². The van der Waals surface area contributed by atoms with E-state index in [9.17, 15) is 0 Å². The average molecular weight is 338 g/mol. The number of hydrogen-bond acceptors (Lipinski definition) is 4. The second kappa shape index (κ2) is 7.23. The van der Waals surface area contributed by atoms with Gasteiger partial charge in [-0.05, 0) is 58.7 Å². The van der Waals surface area contributed by atoms with Crippen LogP contribution in [-0.4, -0.2) is 20.7 Å². The molecule has 3 aromatic rings. The molecule has 0 saturated carbocycles. The van der Waals surface area contributed by atoms with E-state index in [4.69, 9.17) is 4.52 Å². The minimum atomic E-state index is 0.272. The molecule has 132 valence electrons. The fourth-order valence-electron chi connectivity index (χ4n) is 3.26. The SMILES string of the molecule is Cc1noc(C)c1C[C@@H](C)N[C@@H](C)c1ccc(-n2ccnc2C)cc1. The maximum atomic E-state index is 5.26. The van der Waals surface area contributed by atoms with Crippen molar-refractivity contribution in [3.05, 3.63) is 65.1 Å². The molecule has 5 nitrogen and oxygen atoms in total. The number of rotatable bonds is 6. The lowest BCUT2D eigenvalue weighted by Gasteiger charge is -2.21. The molecule has 2 aromatic heterocycles. The van der Waals surface area contributed by atoms with Crippen LogP contribution in [0, 0.1) is 20.8 Å². The van der Waals surface area contributed by atoms with Gasteiger partial charge in [0.25, 0.3) is 0 Å². The molecule has 0 unspecified atom stereocenters. The number of benzene rings is 1. The van der Waals surface area contributed by atoms with Crippen molar-refractivity contribution in [2.75, 3.05) is 0 Å². The summed E-state index contributed by atoms with van der Waals surface area (Å²) in [7, 11) is 0. The van der Waals surface area contributed by atoms with Gasteiger partial charge in [-0.3, -0.25) is 0 Å². The molecule has 1 N–H and O–H groups in total. The van der Waals surface area contributed by atoms with Crippen molar-refractivity contribution in [1.29, 1.82) is 0 Å². The van der Waals surface area contributed by atoms with E-state index in [1.165, 1.54) is 11.1 Å². The van der Waals surface area contributed by atoms with Crippen molar-refractivity contribution >= 4 is 0 Å². The Morgan fingerprint density at radius 3 is 2.40 bits per heavy atom. The predicted octanol–water partition coefficient (Wildman–Crippen LogP) is 4.07. The summed E-state index contributed by atoms with van der Waals surface area (Å²) in [6.07, 6.45) is 4.72. The lowest BCUT2D eigenvalue weighted by molar-refractivity contribution is 0.391. The molecule has 0 aliphatic heterocycles. The van der Waals surface area contributed by atoms with Crippen molar-refractivity contribution in [3.63, 3.8) is 0 Å². The van der Waals surface area contributed by atoms with E-state index in [2.05, 4.69) is 58.1 Å². The summed E-state index contributed by atoms with van der Waals surface area (Å²) >= 11 is 0. The van der Waals surface area contributed by atoms with Gasteiger partial charge in [-0.1, -0.05) is 17.3 Å². The number of hydrogen-bond donors (Lipinski definition) is 1. The van der Waals surface area contributed by atoms with Crippen molar-refractivity contribution in [2.45, 2.75) is 53.1 Å². The second-order valence-corrected chi connectivity index (χ2v) is 6.73. The minimum Gasteiger partial charge on any atom is -0.361 e. The van der Waals surface area contributed by atoms with E-state index in [1.807, 2.05) is 33.2 Å². The smallest absolute Gasteiger partial charge is 0.137 e. The Balaban J connectivity index is 1.65. The number of aryl methyl sites for hydroxylation is 3. The Morgan fingerprint density at radius 2 is 1.84 bits per heavy atom. The summed E-state index contributed by atoms with van der Waals surface area (Å²) in [5, 5.41) is 7.70. The molecule has 2 heterocycles. The Hall–Kier alpha value is -2.40. The molecular formula is C20H26N4O. The third kappa shape index (κ3) is 3.82. The van der Waals surface area contributed by atoms with Crippen LogP contribution in [0.1, 0.15) is 48.3 Å². The van der Waals surface area contributed by atoms with Crippen LogP contribution in [0.15, 0.2) is 41.2 Å². The predicted molar refractivity (Wildman–Crippen MR) is 99.0 cm³/mol. The van der Waals surface area contributed by atoms with Gasteiger partial charge in [0.1, 0.15) is 11.6 Å². The molecule has 0 amide bonds. The zero-order chi connectivity index (χ0) is 18.0. The lowest BCUT2D eigenvalue weighted by Crippen LogP contribution is -2.31. The Labute approximate surface area is 149 Å². The van der Waals surface area contributed by atoms with E-state index >= 15 is 0 Å². The van der Waals surface area contributed by atoms with Gasteiger partial charge in [-0.2, -0.15) is 0 Å². The zero-order valence-electron chi connectivity index (χ0n) is 15.6. The molecule has 3 rings (SSSR count). The van der Waals surface area contributed by atoms with Crippen molar-refractivity contribution in [3.8, 4) is 5.69 Å². The largest absolute Gasteiger partial charge is 0.361 e. The van der Waals surface area contributed by atoms with Crippen LogP contribution in [0.5, 0.6) is 0 Å². The fourth-order valence-corrected chi connectivity index (χ4v) is 3.26. The lowest BCUT2D eigenvalue weighted by atomic mass is 10.0. The maximum absolute atomic E-state index is 5.26. The van der Waals surface area contributed by atoms with Crippen LogP contribution in [0.2, 0.25) is 0 Å². The van der Waals surface area contributed by atoms with Crippen molar-refractivity contribution in [2.24, 2.45) is 0 Å². The van der Waals surface area contributed by atoms with E-state index in [-0.39, 0.29) is 6.04 Å². The van der Waals surface area contributed by atoms with Gasteiger partial charge in [0, 0.05) is 35.7 Å². The van der Waals surface area contributed by atoms with Crippen LogP contribution in [-0.2, 0) is 6.42 Å².